The van der Waals surface area contributed by atoms with Crippen LogP contribution in [-0.4, -0.2) is 23.8 Å². The van der Waals surface area contributed by atoms with Gasteiger partial charge in [0.15, 0.2) is 17.3 Å². The van der Waals surface area contributed by atoms with E-state index in [-0.39, 0.29) is 17.3 Å². The SMILES string of the molecule is CCCC(C)(C)C(=O)Oc1ccc(C(=O)C(N)C(C)(C)C)cc1OC(=O)C(C)(C)CCC. The van der Waals surface area contributed by atoms with Crippen LogP contribution in [0.15, 0.2) is 18.2 Å². The standard InChI is InChI=1S/C26H41NO5/c1-10-14-25(6,7)22(29)31-18-13-12-17(20(28)21(27)24(3,4)5)16-19(18)32-23(30)26(8,9)15-11-2/h12-13,16,21H,10-11,14-15,27H2,1-9H3. The summed E-state index contributed by atoms with van der Waals surface area (Å²) in [7, 11) is 0. The number of hydrogen-bond donors (Lipinski definition) is 1. The molecule has 0 spiro atoms. The minimum atomic E-state index is -0.737. The van der Waals surface area contributed by atoms with E-state index in [1.807, 2.05) is 48.5 Å². The number of carbonyl (C=O) groups excluding carboxylic acids is 3. The van der Waals surface area contributed by atoms with Gasteiger partial charge in [-0.3, -0.25) is 14.4 Å². The molecule has 1 rings (SSSR count). The highest BCUT2D eigenvalue weighted by molar-refractivity contribution is 6.01. The van der Waals surface area contributed by atoms with E-state index in [1.54, 1.807) is 19.9 Å². The van der Waals surface area contributed by atoms with E-state index in [1.165, 1.54) is 12.1 Å². The van der Waals surface area contributed by atoms with Gasteiger partial charge in [-0.15, -0.1) is 0 Å². The number of ketones is 1. The fraction of sp³-hybridized carbons (Fsp3) is 0.654. The van der Waals surface area contributed by atoms with Gasteiger partial charge in [-0.2, -0.15) is 0 Å². The maximum Gasteiger partial charge on any atom is 0.317 e. The number of carbonyl (C=O) groups is 3. The fourth-order valence-electron chi connectivity index (χ4n) is 3.33. The van der Waals surface area contributed by atoms with Crippen molar-refractivity contribution in [2.75, 3.05) is 0 Å². The number of benzene rings is 1. The highest BCUT2D eigenvalue weighted by atomic mass is 16.6. The van der Waals surface area contributed by atoms with Crippen molar-refractivity contribution in [3.63, 3.8) is 0 Å². The number of rotatable bonds is 10. The van der Waals surface area contributed by atoms with E-state index in [0.717, 1.165) is 12.8 Å². The van der Waals surface area contributed by atoms with Crippen LogP contribution in [0.25, 0.3) is 0 Å². The first kappa shape index (κ1) is 27.8. The van der Waals surface area contributed by atoms with Gasteiger partial charge in [0.25, 0.3) is 0 Å². The molecule has 1 unspecified atom stereocenters. The molecule has 0 fully saturated rings. The zero-order chi connectivity index (χ0) is 24.9. The molecule has 0 aliphatic rings. The third-order valence-electron chi connectivity index (χ3n) is 5.70. The Hall–Kier alpha value is -2.21. The summed E-state index contributed by atoms with van der Waals surface area (Å²) >= 11 is 0. The maximum atomic E-state index is 12.9. The smallest absolute Gasteiger partial charge is 0.317 e. The van der Waals surface area contributed by atoms with Crippen LogP contribution < -0.4 is 15.2 Å². The lowest BCUT2D eigenvalue weighted by atomic mass is 9.83. The lowest BCUT2D eigenvalue weighted by Gasteiger charge is -2.26. The average Bonchev–Trinajstić information content (AvgIpc) is 2.67. The molecule has 1 atom stereocenters. The normalized spacial score (nSPS) is 13.4. The Kier molecular flexibility index (Phi) is 9.22. The second-order valence-electron chi connectivity index (χ2n) is 10.9. The van der Waals surface area contributed by atoms with Gasteiger partial charge >= 0.3 is 11.9 Å². The number of ether oxygens (including phenoxy) is 2. The first-order valence-corrected chi connectivity index (χ1v) is 11.4. The fourth-order valence-corrected chi connectivity index (χ4v) is 3.33. The van der Waals surface area contributed by atoms with Gasteiger partial charge in [-0.1, -0.05) is 47.5 Å². The van der Waals surface area contributed by atoms with Crippen LogP contribution in [0.1, 0.15) is 98.4 Å². The van der Waals surface area contributed by atoms with Crippen LogP contribution in [0.2, 0.25) is 0 Å². The second kappa shape index (κ2) is 10.6. The topological polar surface area (TPSA) is 95.7 Å². The Morgan fingerprint density at radius 2 is 1.25 bits per heavy atom. The van der Waals surface area contributed by atoms with Gasteiger partial charge in [0.05, 0.1) is 16.9 Å². The van der Waals surface area contributed by atoms with Crippen molar-refractivity contribution in [3.8, 4) is 11.5 Å². The highest BCUT2D eigenvalue weighted by Gasteiger charge is 2.34. The van der Waals surface area contributed by atoms with Gasteiger partial charge in [-0.25, -0.2) is 0 Å². The molecule has 0 radical (unpaired) electrons. The van der Waals surface area contributed by atoms with E-state index in [2.05, 4.69) is 0 Å². The second-order valence-corrected chi connectivity index (χ2v) is 10.9. The van der Waals surface area contributed by atoms with Crippen LogP contribution in [0.3, 0.4) is 0 Å². The van der Waals surface area contributed by atoms with E-state index in [4.69, 9.17) is 15.2 Å². The molecule has 0 aliphatic heterocycles. The summed E-state index contributed by atoms with van der Waals surface area (Å²) in [6, 6.07) is 3.76. The molecule has 6 heteroatoms. The largest absolute Gasteiger partial charge is 0.422 e. The summed E-state index contributed by atoms with van der Waals surface area (Å²) in [6.45, 7) is 16.9. The molecule has 0 bridgehead atoms. The molecule has 0 saturated heterocycles. The van der Waals surface area contributed by atoms with Crippen molar-refractivity contribution in [2.24, 2.45) is 22.0 Å². The Labute approximate surface area is 193 Å². The Balaban J connectivity index is 3.39. The molecule has 32 heavy (non-hydrogen) atoms. The average molecular weight is 448 g/mol. The molecule has 1 aromatic carbocycles. The van der Waals surface area contributed by atoms with Gasteiger partial charge < -0.3 is 15.2 Å². The zero-order valence-corrected chi connectivity index (χ0v) is 21.3. The molecule has 2 N–H and O–H groups in total. The van der Waals surface area contributed by atoms with Crippen LogP contribution >= 0.6 is 0 Å². The monoisotopic (exact) mass is 447 g/mol. The Bertz CT molecular complexity index is 833. The molecular weight excluding hydrogens is 406 g/mol. The van der Waals surface area contributed by atoms with Crippen molar-refractivity contribution in [1.82, 2.24) is 0 Å². The van der Waals surface area contributed by atoms with Gasteiger partial charge in [-0.05, 0) is 64.2 Å². The third-order valence-corrected chi connectivity index (χ3v) is 5.70. The predicted molar refractivity (Wildman–Crippen MR) is 127 cm³/mol. The van der Waals surface area contributed by atoms with Crippen molar-refractivity contribution in [1.29, 1.82) is 0 Å². The van der Waals surface area contributed by atoms with Crippen molar-refractivity contribution < 1.29 is 23.9 Å². The summed E-state index contributed by atoms with van der Waals surface area (Å²) in [5, 5.41) is 0. The third kappa shape index (κ3) is 7.16. The quantitative estimate of drug-likeness (QED) is 0.280. The highest BCUT2D eigenvalue weighted by Crippen LogP contribution is 2.35. The molecule has 0 aromatic heterocycles. The Morgan fingerprint density at radius 1 is 0.812 bits per heavy atom. The van der Waals surface area contributed by atoms with Crippen molar-refractivity contribution in [3.05, 3.63) is 23.8 Å². The summed E-state index contributed by atoms with van der Waals surface area (Å²) in [5.41, 5.74) is 4.60. The molecule has 0 saturated carbocycles. The van der Waals surface area contributed by atoms with Gasteiger partial charge in [0.2, 0.25) is 0 Å². The van der Waals surface area contributed by atoms with Crippen LogP contribution in [0.5, 0.6) is 11.5 Å². The number of esters is 2. The van der Waals surface area contributed by atoms with Gasteiger partial charge in [0.1, 0.15) is 0 Å². The number of hydrogen-bond acceptors (Lipinski definition) is 6. The summed E-state index contributed by atoms with van der Waals surface area (Å²) in [6.07, 6.45) is 2.93. The summed E-state index contributed by atoms with van der Waals surface area (Å²) < 4.78 is 11.3. The minimum Gasteiger partial charge on any atom is -0.422 e. The molecule has 180 valence electrons. The maximum absolute atomic E-state index is 12.9. The first-order chi connectivity index (χ1) is 14.6. The number of Topliss-reactive ketones (excluding diaryl/α,β-unsaturated/α-hetero) is 1. The van der Waals surface area contributed by atoms with Crippen LogP contribution in [0.4, 0.5) is 0 Å². The lowest BCUT2D eigenvalue weighted by Crippen LogP contribution is -2.42. The summed E-state index contributed by atoms with van der Waals surface area (Å²) in [4.78, 5) is 38.6. The lowest BCUT2D eigenvalue weighted by molar-refractivity contribution is -0.147. The molecule has 1 aromatic rings. The molecule has 0 amide bonds. The van der Waals surface area contributed by atoms with Crippen molar-refractivity contribution >= 4 is 17.7 Å². The van der Waals surface area contributed by atoms with Crippen molar-refractivity contribution in [2.45, 2.75) is 94.0 Å². The number of nitrogens with two attached hydrogens (primary N) is 1. The molecule has 0 heterocycles. The predicted octanol–water partition coefficient (Wildman–Crippen LogP) is 5.71. The Morgan fingerprint density at radius 3 is 1.66 bits per heavy atom. The first-order valence-electron chi connectivity index (χ1n) is 11.4. The van der Waals surface area contributed by atoms with Gasteiger partial charge in [0, 0.05) is 5.56 Å². The molecule has 6 nitrogen and oxygen atoms in total. The summed E-state index contributed by atoms with van der Waals surface area (Å²) in [5.74, 6) is -0.983. The van der Waals surface area contributed by atoms with Crippen LogP contribution in [0, 0.1) is 16.2 Å². The molecular formula is C26H41NO5. The van der Waals surface area contributed by atoms with E-state index in [9.17, 15) is 14.4 Å². The minimum absolute atomic E-state index is 0.0479. The van der Waals surface area contributed by atoms with E-state index < -0.39 is 34.2 Å². The molecule has 0 aliphatic carbocycles. The van der Waals surface area contributed by atoms with E-state index >= 15 is 0 Å². The van der Waals surface area contributed by atoms with E-state index in [0.29, 0.717) is 18.4 Å². The zero-order valence-electron chi connectivity index (χ0n) is 21.3. The van der Waals surface area contributed by atoms with Crippen LogP contribution in [-0.2, 0) is 9.59 Å².